The average molecular weight is 477 g/mol. The van der Waals surface area contributed by atoms with Gasteiger partial charge in [0.25, 0.3) is 0 Å². The second kappa shape index (κ2) is 13.5. The summed E-state index contributed by atoms with van der Waals surface area (Å²) in [7, 11) is 0. The number of hydrogen-bond acceptors (Lipinski definition) is 8. The predicted molar refractivity (Wildman–Crippen MR) is 112 cm³/mol. The largest absolute Gasteiger partial charge is 0.481 e. The fraction of sp³-hybridized carbons (Fsp3) is 0.667. The molecule has 4 atom stereocenters. The molecule has 0 aliphatic carbocycles. The molecule has 0 saturated carbocycles. The minimum Gasteiger partial charge on any atom is -0.481 e. The summed E-state index contributed by atoms with van der Waals surface area (Å²) >= 11 is 4.04. The Morgan fingerprint density at radius 1 is 0.844 bits per heavy atom. The number of carbonyl (C=O) groups excluding carboxylic acids is 3. The lowest BCUT2D eigenvalue weighted by Gasteiger charge is -2.24. The van der Waals surface area contributed by atoms with E-state index in [-0.39, 0.29) is 12.2 Å². The third kappa shape index (κ3) is 9.51. The highest BCUT2D eigenvalue weighted by Gasteiger charge is 2.31. The van der Waals surface area contributed by atoms with E-state index in [1.165, 1.54) is 0 Å². The molecule has 3 amide bonds. The summed E-state index contributed by atoms with van der Waals surface area (Å²) in [6.45, 7) is 0.667. The molecule has 0 bridgehead atoms. The molecule has 1 aliphatic heterocycles. The highest BCUT2D eigenvalue weighted by molar-refractivity contribution is 7.80. The minimum absolute atomic E-state index is 0.103. The normalized spacial score (nSPS) is 18.1. The number of aliphatic carboxylic acids is 3. The topological polar surface area (TPSA) is 211 Å². The van der Waals surface area contributed by atoms with E-state index in [0.717, 1.165) is 6.42 Å². The van der Waals surface area contributed by atoms with Gasteiger partial charge in [-0.2, -0.15) is 12.6 Å². The Morgan fingerprint density at radius 2 is 1.38 bits per heavy atom. The van der Waals surface area contributed by atoms with Crippen LogP contribution in [0.5, 0.6) is 0 Å². The molecular weight excluding hydrogens is 448 g/mol. The van der Waals surface area contributed by atoms with Crippen LogP contribution in [0.15, 0.2) is 0 Å². The molecule has 1 heterocycles. The number of thiol groups is 1. The van der Waals surface area contributed by atoms with Crippen molar-refractivity contribution in [1.29, 1.82) is 0 Å². The summed E-state index contributed by atoms with van der Waals surface area (Å²) < 4.78 is 0. The quantitative estimate of drug-likeness (QED) is 0.128. The maximum Gasteiger partial charge on any atom is 0.326 e. The van der Waals surface area contributed by atoms with Crippen LogP contribution in [-0.2, 0) is 28.8 Å². The van der Waals surface area contributed by atoms with Gasteiger partial charge in [-0.25, -0.2) is 4.79 Å². The van der Waals surface area contributed by atoms with Crippen LogP contribution in [-0.4, -0.2) is 87.4 Å². The molecule has 1 rings (SSSR count). The summed E-state index contributed by atoms with van der Waals surface area (Å²) in [5.41, 5.74) is 0. The number of nitrogens with one attached hydrogen (secondary N) is 4. The lowest BCUT2D eigenvalue weighted by Crippen LogP contribution is -2.57. The molecule has 0 aromatic carbocycles. The van der Waals surface area contributed by atoms with Crippen LogP contribution in [0.1, 0.15) is 38.5 Å². The number of carboxylic acids is 3. The van der Waals surface area contributed by atoms with Gasteiger partial charge in [0.1, 0.15) is 18.1 Å². The number of amides is 3. The summed E-state index contributed by atoms with van der Waals surface area (Å²) in [5.74, 6) is -6.29. The van der Waals surface area contributed by atoms with Gasteiger partial charge >= 0.3 is 17.9 Å². The first-order valence-electron chi connectivity index (χ1n) is 9.96. The van der Waals surface area contributed by atoms with Crippen molar-refractivity contribution in [3.63, 3.8) is 0 Å². The maximum absolute atomic E-state index is 12.6. The second-order valence-corrected chi connectivity index (χ2v) is 7.58. The molecule has 1 saturated heterocycles. The third-order valence-corrected chi connectivity index (χ3v) is 5.10. The molecule has 4 unspecified atom stereocenters. The highest BCUT2D eigenvalue weighted by atomic mass is 32.1. The lowest BCUT2D eigenvalue weighted by molar-refractivity contribution is -0.144. The molecule has 7 N–H and O–H groups in total. The van der Waals surface area contributed by atoms with Crippen molar-refractivity contribution in [3.05, 3.63) is 0 Å². The van der Waals surface area contributed by atoms with E-state index < -0.39 is 79.1 Å². The predicted octanol–water partition coefficient (Wildman–Crippen LogP) is -2.06. The summed E-state index contributed by atoms with van der Waals surface area (Å²) in [6, 6.07) is -4.54. The summed E-state index contributed by atoms with van der Waals surface area (Å²) in [4.78, 5) is 70.3. The van der Waals surface area contributed by atoms with E-state index in [0.29, 0.717) is 13.0 Å². The first kappa shape index (κ1) is 27.2. The van der Waals surface area contributed by atoms with Gasteiger partial charge in [0, 0.05) is 18.6 Å². The Kier molecular flexibility index (Phi) is 11.5. The van der Waals surface area contributed by atoms with Crippen LogP contribution in [0, 0.1) is 0 Å². The lowest BCUT2D eigenvalue weighted by atomic mass is 10.1. The molecule has 0 radical (unpaired) electrons. The standard InChI is InChI=1S/C18H28N4O9S/c23-13(24)5-3-10(16(28)21-11(18(30)31)4-6-14(25)26)20-17(29)12(8-32)22-15(27)9-2-1-7-19-9/h9-12,19,32H,1-8H2,(H,20,29)(H,21,28)(H,22,27)(H,23,24)(H,25,26)(H,30,31). The zero-order chi connectivity index (χ0) is 24.3. The number of carboxylic acid groups (broad SMARTS) is 3. The molecule has 0 aromatic heterocycles. The fourth-order valence-electron chi connectivity index (χ4n) is 2.98. The second-order valence-electron chi connectivity index (χ2n) is 7.22. The van der Waals surface area contributed by atoms with Gasteiger partial charge in [0.05, 0.1) is 6.04 Å². The molecule has 1 aliphatic rings. The molecular formula is C18H28N4O9S. The van der Waals surface area contributed by atoms with E-state index in [1.54, 1.807) is 0 Å². The van der Waals surface area contributed by atoms with Gasteiger partial charge in [-0.3, -0.25) is 24.0 Å². The Balaban J connectivity index is 2.83. The smallest absolute Gasteiger partial charge is 0.326 e. The molecule has 0 spiro atoms. The monoisotopic (exact) mass is 476 g/mol. The first-order chi connectivity index (χ1) is 15.0. The van der Waals surface area contributed by atoms with E-state index in [4.69, 9.17) is 10.2 Å². The van der Waals surface area contributed by atoms with Crippen molar-refractivity contribution >= 4 is 48.3 Å². The number of carbonyl (C=O) groups is 6. The summed E-state index contributed by atoms with van der Waals surface area (Å²) in [6.07, 6.45) is -0.375. The molecule has 13 nitrogen and oxygen atoms in total. The van der Waals surface area contributed by atoms with Gasteiger partial charge in [0.2, 0.25) is 17.7 Å². The Morgan fingerprint density at radius 3 is 1.84 bits per heavy atom. The average Bonchev–Trinajstić information content (AvgIpc) is 3.26. The van der Waals surface area contributed by atoms with Crippen molar-refractivity contribution in [3.8, 4) is 0 Å². The Labute approximate surface area is 189 Å². The van der Waals surface area contributed by atoms with Gasteiger partial charge < -0.3 is 36.6 Å². The van der Waals surface area contributed by atoms with Crippen molar-refractivity contribution in [2.24, 2.45) is 0 Å². The van der Waals surface area contributed by atoms with Gasteiger partial charge in [-0.1, -0.05) is 0 Å². The van der Waals surface area contributed by atoms with Crippen LogP contribution in [0.25, 0.3) is 0 Å². The zero-order valence-corrected chi connectivity index (χ0v) is 18.1. The molecule has 32 heavy (non-hydrogen) atoms. The van der Waals surface area contributed by atoms with Crippen molar-refractivity contribution in [2.45, 2.75) is 62.7 Å². The number of hydrogen-bond donors (Lipinski definition) is 8. The van der Waals surface area contributed by atoms with Crippen LogP contribution < -0.4 is 21.3 Å². The van der Waals surface area contributed by atoms with Crippen LogP contribution in [0.3, 0.4) is 0 Å². The van der Waals surface area contributed by atoms with E-state index in [2.05, 4.69) is 33.9 Å². The molecule has 0 aromatic rings. The SMILES string of the molecule is O=C(O)CCC(NC(=O)C(CCC(=O)O)NC(=O)C(CS)NC(=O)C1CCCN1)C(=O)O. The van der Waals surface area contributed by atoms with E-state index in [9.17, 15) is 33.9 Å². The van der Waals surface area contributed by atoms with Crippen LogP contribution in [0.4, 0.5) is 0 Å². The van der Waals surface area contributed by atoms with Gasteiger partial charge in [-0.05, 0) is 32.2 Å². The summed E-state index contributed by atoms with van der Waals surface area (Å²) in [5, 5.41) is 36.7. The van der Waals surface area contributed by atoms with E-state index in [1.807, 2.05) is 0 Å². The van der Waals surface area contributed by atoms with Crippen LogP contribution >= 0.6 is 12.6 Å². The molecule has 14 heteroatoms. The first-order valence-corrected chi connectivity index (χ1v) is 10.6. The highest BCUT2D eigenvalue weighted by Crippen LogP contribution is 2.07. The molecule has 1 fully saturated rings. The zero-order valence-electron chi connectivity index (χ0n) is 17.2. The fourth-order valence-corrected chi connectivity index (χ4v) is 3.24. The van der Waals surface area contributed by atoms with Gasteiger partial charge in [0.15, 0.2) is 0 Å². The Hall–Kier alpha value is -2.87. The molecule has 180 valence electrons. The van der Waals surface area contributed by atoms with Gasteiger partial charge in [-0.15, -0.1) is 0 Å². The van der Waals surface area contributed by atoms with Crippen molar-refractivity contribution in [2.75, 3.05) is 12.3 Å². The van der Waals surface area contributed by atoms with Crippen molar-refractivity contribution < 1.29 is 44.1 Å². The third-order valence-electron chi connectivity index (χ3n) is 4.73. The number of rotatable bonds is 14. The maximum atomic E-state index is 12.6. The minimum atomic E-state index is -1.54. The van der Waals surface area contributed by atoms with Crippen molar-refractivity contribution in [1.82, 2.24) is 21.3 Å². The van der Waals surface area contributed by atoms with Crippen LogP contribution in [0.2, 0.25) is 0 Å². The Bertz CT molecular complexity index is 727. The van der Waals surface area contributed by atoms with E-state index >= 15 is 0 Å².